The number of hydrogen-bond acceptors (Lipinski definition) is 4. The molecule has 124 valence electrons. The minimum absolute atomic E-state index is 0.0912. The fraction of sp³-hybridized carbons (Fsp3) is 0.111. The average molecular weight is 438 g/mol. The number of carbonyl (C=O) groups is 2. The Hall–Kier alpha value is -2.35. The van der Waals surface area contributed by atoms with E-state index >= 15 is 0 Å². The smallest absolute Gasteiger partial charge is 0.338 e. The zero-order valence-corrected chi connectivity index (χ0v) is 14.9. The zero-order valence-electron chi connectivity index (χ0n) is 12.7. The van der Waals surface area contributed by atoms with Crippen molar-refractivity contribution >= 4 is 40.6 Å². The van der Waals surface area contributed by atoms with E-state index in [0.717, 1.165) is 5.56 Å². The number of ether oxygens (including phenoxy) is 2. The molecule has 2 rings (SSSR count). The number of rotatable bonds is 7. The van der Waals surface area contributed by atoms with Crippen molar-refractivity contribution in [2.45, 2.75) is 0 Å². The molecule has 6 heteroatoms. The third kappa shape index (κ3) is 4.82. The van der Waals surface area contributed by atoms with E-state index in [9.17, 15) is 9.59 Å². The van der Waals surface area contributed by atoms with Crippen molar-refractivity contribution < 1.29 is 24.2 Å². The summed E-state index contributed by atoms with van der Waals surface area (Å²) in [6, 6.07) is 11.5. The molecule has 0 unspecified atom stereocenters. The number of benzene rings is 2. The molecule has 0 fully saturated rings. The molecule has 0 aromatic heterocycles. The van der Waals surface area contributed by atoms with E-state index in [2.05, 4.69) is 6.58 Å². The Morgan fingerprint density at radius 1 is 1.12 bits per heavy atom. The van der Waals surface area contributed by atoms with E-state index in [0.29, 0.717) is 14.9 Å². The van der Waals surface area contributed by atoms with Crippen LogP contribution >= 0.6 is 22.6 Å². The lowest BCUT2D eigenvalue weighted by molar-refractivity contribution is 0.0449. The Morgan fingerprint density at radius 2 is 1.92 bits per heavy atom. The van der Waals surface area contributed by atoms with Gasteiger partial charge in [0.1, 0.15) is 19.0 Å². The largest absolute Gasteiger partial charge is 0.489 e. The molecular weight excluding hydrogens is 423 g/mol. The number of aromatic carboxylic acids is 1. The Morgan fingerprint density at radius 3 is 2.58 bits per heavy atom. The van der Waals surface area contributed by atoms with Crippen LogP contribution in [0.2, 0.25) is 0 Å². The second kappa shape index (κ2) is 8.49. The highest BCUT2D eigenvalue weighted by atomic mass is 127. The molecule has 0 atom stereocenters. The summed E-state index contributed by atoms with van der Waals surface area (Å²) in [5, 5.41) is 8.91. The molecule has 2 aromatic rings. The summed E-state index contributed by atoms with van der Waals surface area (Å²) in [5.74, 6) is -0.876. The molecule has 5 nitrogen and oxygen atoms in total. The van der Waals surface area contributed by atoms with Gasteiger partial charge < -0.3 is 14.6 Å². The SMILES string of the molecule is C=Cc1cccc(C(=O)OCCOc2ccc(C(=O)O)cc2I)c1. The number of carboxylic acids is 1. The van der Waals surface area contributed by atoms with Crippen LogP contribution in [-0.2, 0) is 4.74 Å². The fourth-order valence-electron chi connectivity index (χ4n) is 1.91. The minimum Gasteiger partial charge on any atom is -0.489 e. The van der Waals surface area contributed by atoms with Gasteiger partial charge in [-0.15, -0.1) is 0 Å². The van der Waals surface area contributed by atoms with Crippen molar-refractivity contribution in [2.24, 2.45) is 0 Å². The summed E-state index contributed by atoms with van der Waals surface area (Å²) < 4.78 is 11.3. The molecule has 0 spiro atoms. The molecule has 0 heterocycles. The summed E-state index contributed by atoms with van der Waals surface area (Å²) in [6.07, 6.45) is 1.66. The Kier molecular flexibility index (Phi) is 6.36. The van der Waals surface area contributed by atoms with Gasteiger partial charge in [0.2, 0.25) is 0 Å². The lowest BCUT2D eigenvalue weighted by atomic mass is 10.1. The third-order valence-electron chi connectivity index (χ3n) is 3.11. The maximum absolute atomic E-state index is 11.9. The van der Waals surface area contributed by atoms with Gasteiger partial charge >= 0.3 is 11.9 Å². The molecule has 2 aromatic carbocycles. The Bertz CT molecular complexity index is 770. The first-order valence-corrected chi connectivity index (χ1v) is 8.14. The van der Waals surface area contributed by atoms with Gasteiger partial charge in [0.05, 0.1) is 14.7 Å². The number of hydrogen-bond donors (Lipinski definition) is 1. The lowest BCUT2D eigenvalue weighted by Gasteiger charge is -2.09. The van der Waals surface area contributed by atoms with Crippen LogP contribution in [-0.4, -0.2) is 30.3 Å². The van der Waals surface area contributed by atoms with Gasteiger partial charge in [-0.1, -0.05) is 24.8 Å². The molecule has 0 radical (unpaired) electrons. The van der Waals surface area contributed by atoms with E-state index in [-0.39, 0.29) is 18.8 Å². The van der Waals surface area contributed by atoms with Crippen LogP contribution in [0.15, 0.2) is 49.0 Å². The van der Waals surface area contributed by atoms with Gasteiger partial charge in [-0.3, -0.25) is 0 Å². The van der Waals surface area contributed by atoms with Gasteiger partial charge in [-0.05, 0) is 58.5 Å². The Labute approximate surface area is 153 Å². The van der Waals surface area contributed by atoms with Crippen LogP contribution in [0.25, 0.3) is 6.08 Å². The van der Waals surface area contributed by atoms with Crippen molar-refractivity contribution in [3.63, 3.8) is 0 Å². The van der Waals surface area contributed by atoms with Crippen molar-refractivity contribution in [1.29, 1.82) is 0 Å². The molecule has 0 aliphatic rings. The molecule has 0 saturated carbocycles. The summed E-state index contributed by atoms with van der Waals surface area (Å²) >= 11 is 2.00. The monoisotopic (exact) mass is 438 g/mol. The number of carboxylic acid groups (broad SMARTS) is 1. The number of halogens is 1. The van der Waals surface area contributed by atoms with Gasteiger partial charge in [-0.2, -0.15) is 0 Å². The summed E-state index contributed by atoms with van der Waals surface area (Å²) in [6.45, 7) is 3.92. The second-order valence-corrected chi connectivity index (χ2v) is 5.93. The molecular formula is C18H15IO5. The molecule has 1 N–H and O–H groups in total. The van der Waals surface area contributed by atoms with Gasteiger partial charge in [0, 0.05) is 0 Å². The first-order chi connectivity index (χ1) is 11.5. The Balaban J connectivity index is 1.85. The van der Waals surface area contributed by atoms with E-state index < -0.39 is 11.9 Å². The van der Waals surface area contributed by atoms with E-state index in [1.807, 2.05) is 28.7 Å². The molecule has 0 aliphatic heterocycles. The number of esters is 1. The predicted molar refractivity (Wildman–Crippen MR) is 98.4 cm³/mol. The summed E-state index contributed by atoms with van der Waals surface area (Å²) in [5.41, 5.74) is 1.49. The zero-order chi connectivity index (χ0) is 17.5. The molecule has 0 aliphatic carbocycles. The third-order valence-corrected chi connectivity index (χ3v) is 3.95. The molecule has 0 amide bonds. The van der Waals surface area contributed by atoms with Crippen molar-refractivity contribution in [2.75, 3.05) is 13.2 Å². The topological polar surface area (TPSA) is 72.8 Å². The molecule has 0 bridgehead atoms. The van der Waals surface area contributed by atoms with E-state index in [1.165, 1.54) is 12.1 Å². The van der Waals surface area contributed by atoms with Gasteiger partial charge in [-0.25, -0.2) is 9.59 Å². The number of carbonyl (C=O) groups excluding carboxylic acids is 1. The maximum atomic E-state index is 11.9. The van der Waals surface area contributed by atoms with Crippen LogP contribution < -0.4 is 4.74 Å². The normalized spacial score (nSPS) is 10.0. The van der Waals surface area contributed by atoms with Crippen LogP contribution in [0.4, 0.5) is 0 Å². The molecule has 24 heavy (non-hydrogen) atoms. The van der Waals surface area contributed by atoms with Crippen molar-refractivity contribution in [3.8, 4) is 5.75 Å². The minimum atomic E-state index is -0.991. The van der Waals surface area contributed by atoms with E-state index in [1.54, 1.807) is 30.3 Å². The van der Waals surface area contributed by atoms with Gasteiger partial charge in [0.15, 0.2) is 0 Å². The average Bonchev–Trinajstić information content (AvgIpc) is 2.59. The first-order valence-electron chi connectivity index (χ1n) is 7.06. The predicted octanol–water partition coefficient (Wildman–Crippen LogP) is 3.87. The van der Waals surface area contributed by atoms with Crippen LogP contribution in [0.3, 0.4) is 0 Å². The highest BCUT2D eigenvalue weighted by Gasteiger charge is 2.09. The maximum Gasteiger partial charge on any atom is 0.338 e. The van der Waals surface area contributed by atoms with Gasteiger partial charge in [0.25, 0.3) is 0 Å². The standard InChI is InChI=1S/C18H15IO5/c1-2-12-4-3-5-14(10-12)18(22)24-9-8-23-16-7-6-13(17(20)21)11-15(16)19/h2-7,10-11H,1,8-9H2,(H,20,21). The summed E-state index contributed by atoms with van der Waals surface area (Å²) in [7, 11) is 0. The highest BCUT2D eigenvalue weighted by molar-refractivity contribution is 14.1. The molecule has 0 saturated heterocycles. The lowest BCUT2D eigenvalue weighted by Crippen LogP contribution is -2.13. The van der Waals surface area contributed by atoms with E-state index in [4.69, 9.17) is 14.6 Å². The van der Waals surface area contributed by atoms with Crippen LogP contribution in [0, 0.1) is 3.57 Å². The van der Waals surface area contributed by atoms with Crippen LogP contribution in [0.1, 0.15) is 26.3 Å². The quantitative estimate of drug-likeness (QED) is 0.404. The second-order valence-electron chi connectivity index (χ2n) is 4.76. The fourth-order valence-corrected chi connectivity index (χ4v) is 2.58. The highest BCUT2D eigenvalue weighted by Crippen LogP contribution is 2.22. The van der Waals surface area contributed by atoms with Crippen molar-refractivity contribution in [1.82, 2.24) is 0 Å². The summed E-state index contributed by atoms with van der Waals surface area (Å²) in [4.78, 5) is 22.8. The van der Waals surface area contributed by atoms with Crippen molar-refractivity contribution in [3.05, 3.63) is 69.3 Å². The first kappa shape index (κ1) is 18.0. The van der Waals surface area contributed by atoms with Crippen LogP contribution in [0.5, 0.6) is 5.75 Å².